The Labute approximate surface area is 150 Å². The van der Waals surface area contributed by atoms with Crippen molar-refractivity contribution in [2.24, 2.45) is 46.8 Å². The molecule has 0 aromatic heterocycles. The minimum atomic E-state index is 0.657. The fourth-order valence-corrected chi connectivity index (χ4v) is 7.96. The fraction of sp³-hybridized carbons (Fsp3) is 0.833. The largest absolute Gasteiger partial charge is 0.0807 e. The van der Waals surface area contributed by atoms with Gasteiger partial charge in [0.1, 0.15) is 0 Å². The Hall–Kier alpha value is -0.520. The lowest BCUT2D eigenvalue weighted by Crippen LogP contribution is -2.47. The Morgan fingerprint density at radius 2 is 1.83 bits per heavy atom. The van der Waals surface area contributed by atoms with Crippen molar-refractivity contribution in [2.75, 3.05) is 0 Å². The molecule has 0 radical (unpaired) electrons. The minimum absolute atomic E-state index is 0.657. The van der Waals surface area contributed by atoms with Crippen LogP contribution in [0.5, 0.6) is 0 Å². The zero-order chi connectivity index (χ0) is 17.1. The third-order valence-corrected chi connectivity index (χ3v) is 9.54. The second-order valence-corrected chi connectivity index (χ2v) is 9.73. The van der Waals surface area contributed by atoms with E-state index in [9.17, 15) is 0 Å². The van der Waals surface area contributed by atoms with Crippen LogP contribution in [0.1, 0.15) is 79.6 Å². The van der Waals surface area contributed by atoms with E-state index in [1.165, 1.54) is 44.9 Å². The first kappa shape index (κ1) is 16.9. The smallest absolute Gasteiger partial charge is 0.0131 e. The van der Waals surface area contributed by atoms with E-state index in [0.29, 0.717) is 5.41 Å². The highest BCUT2D eigenvalue weighted by atomic mass is 14.6. The highest BCUT2D eigenvalue weighted by molar-refractivity contribution is 5.33. The summed E-state index contributed by atoms with van der Waals surface area (Å²) in [5.41, 5.74) is 4.09. The van der Waals surface area contributed by atoms with Gasteiger partial charge in [-0.1, -0.05) is 52.3 Å². The molecular weight excluding hydrogens is 288 g/mol. The quantitative estimate of drug-likeness (QED) is 0.511. The molecule has 4 aliphatic carbocycles. The summed E-state index contributed by atoms with van der Waals surface area (Å²) in [5.74, 6) is 6.61. The summed E-state index contributed by atoms with van der Waals surface area (Å²) in [4.78, 5) is 0. The van der Waals surface area contributed by atoms with Gasteiger partial charge in [0.15, 0.2) is 0 Å². The van der Waals surface area contributed by atoms with E-state index >= 15 is 0 Å². The zero-order valence-corrected chi connectivity index (χ0v) is 16.6. The fourth-order valence-electron chi connectivity index (χ4n) is 7.96. The first-order chi connectivity index (χ1) is 11.5. The molecule has 0 aliphatic heterocycles. The van der Waals surface area contributed by atoms with Gasteiger partial charge < -0.3 is 0 Å². The van der Waals surface area contributed by atoms with E-state index in [1.807, 2.05) is 0 Å². The van der Waals surface area contributed by atoms with Crippen molar-refractivity contribution in [3.05, 3.63) is 23.3 Å². The molecule has 0 aromatic rings. The van der Waals surface area contributed by atoms with E-state index < -0.39 is 0 Å². The van der Waals surface area contributed by atoms with Crippen molar-refractivity contribution in [2.45, 2.75) is 79.6 Å². The van der Waals surface area contributed by atoms with Gasteiger partial charge in [-0.2, -0.15) is 0 Å². The van der Waals surface area contributed by atoms with Crippen molar-refractivity contribution in [1.82, 2.24) is 0 Å². The highest BCUT2D eigenvalue weighted by Crippen LogP contribution is 2.67. The number of rotatable bonds is 2. The van der Waals surface area contributed by atoms with Gasteiger partial charge in [0.2, 0.25) is 0 Å². The van der Waals surface area contributed by atoms with E-state index in [-0.39, 0.29) is 0 Å². The van der Waals surface area contributed by atoms with Crippen molar-refractivity contribution in [3.63, 3.8) is 0 Å². The molecule has 8 unspecified atom stereocenters. The lowest BCUT2D eigenvalue weighted by Gasteiger charge is -2.55. The molecule has 0 saturated heterocycles. The number of allylic oxidation sites excluding steroid dienone is 4. The van der Waals surface area contributed by atoms with Crippen LogP contribution in [0.15, 0.2) is 23.3 Å². The van der Waals surface area contributed by atoms with Crippen LogP contribution in [-0.2, 0) is 0 Å². The van der Waals surface area contributed by atoms with Crippen LogP contribution in [0.4, 0.5) is 0 Å². The third-order valence-electron chi connectivity index (χ3n) is 9.54. The van der Waals surface area contributed by atoms with Gasteiger partial charge >= 0.3 is 0 Å². The van der Waals surface area contributed by atoms with Crippen LogP contribution in [-0.4, -0.2) is 0 Å². The standard InChI is InChI=1S/C24H38/c1-6-18-8-10-20-19(14-18)9-11-22-21(20)12-13-24(7-2)17(5)15(3)16(4)23(22)24/h9,14-17,20-23H,6-8,10-13H2,1-5H3. The normalized spacial score (nSPS) is 50.5. The van der Waals surface area contributed by atoms with Crippen LogP contribution in [0.3, 0.4) is 0 Å². The van der Waals surface area contributed by atoms with Crippen molar-refractivity contribution in [3.8, 4) is 0 Å². The van der Waals surface area contributed by atoms with Crippen LogP contribution >= 0.6 is 0 Å². The number of hydrogen-bond acceptors (Lipinski definition) is 0. The van der Waals surface area contributed by atoms with Crippen LogP contribution < -0.4 is 0 Å². The first-order valence-electron chi connectivity index (χ1n) is 10.9. The lowest BCUT2D eigenvalue weighted by atomic mass is 9.50. The van der Waals surface area contributed by atoms with E-state index in [0.717, 1.165) is 41.4 Å². The topological polar surface area (TPSA) is 0 Å². The number of hydrogen-bond donors (Lipinski definition) is 0. The van der Waals surface area contributed by atoms with E-state index in [4.69, 9.17) is 0 Å². The van der Waals surface area contributed by atoms with Crippen LogP contribution in [0.25, 0.3) is 0 Å². The molecule has 0 bridgehead atoms. The molecule has 0 nitrogen and oxygen atoms in total. The second-order valence-electron chi connectivity index (χ2n) is 9.73. The predicted molar refractivity (Wildman–Crippen MR) is 104 cm³/mol. The molecule has 0 heterocycles. The monoisotopic (exact) mass is 326 g/mol. The maximum absolute atomic E-state index is 2.67. The summed E-state index contributed by atoms with van der Waals surface area (Å²) in [6.45, 7) is 12.6. The Kier molecular flexibility index (Phi) is 4.25. The average Bonchev–Trinajstić information content (AvgIpc) is 2.82. The maximum atomic E-state index is 2.67. The van der Waals surface area contributed by atoms with E-state index in [1.54, 1.807) is 11.1 Å². The van der Waals surface area contributed by atoms with Gasteiger partial charge in [0.25, 0.3) is 0 Å². The molecule has 0 spiro atoms. The van der Waals surface area contributed by atoms with Gasteiger partial charge in [0.05, 0.1) is 0 Å². The number of fused-ring (bicyclic) bond motifs is 5. The summed E-state index contributed by atoms with van der Waals surface area (Å²) in [5, 5.41) is 0. The molecule has 0 aromatic carbocycles. The molecule has 24 heavy (non-hydrogen) atoms. The molecule has 0 heteroatoms. The Morgan fingerprint density at radius 1 is 1.04 bits per heavy atom. The lowest BCUT2D eigenvalue weighted by molar-refractivity contribution is -0.0333. The summed E-state index contributed by atoms with van der Waals surface area (Å²) in [6, 6.07) is 0. The summed E-state index contributed by atoms with van der Waals surface area (Å²) in [6.07, 6.45) is 15.1. The molecule has 2 fully saturated rings. The summed E-state index contributed by atoms with van der Waals surface area (Å²) >= 11 is 0. The van der Waals surface area contributed by atoms with Crippen molar-refractivity contribution >= 4 is 0 Å². The van der Waals surface area contributed by atoms with Gasteiger partial charge in [-0.15, -0.1) is 0 Å². The van der Waals surface area contributed by atoms with E-state index in [2.05, 4.69) is 46.8 Å². The molecule has 2 saturated carbocycles. The molecule has 4 aliphatic rings. The Bertz CT molecular complexity index is 552. The second kappa shape index (κ2) is 6.03. The van der Waals surface area contributed by atoms with Crippen LogP contribution in [0.2, 0.25) is 0 Å². The highest BCUT2D eigenvalue weighted by Gasteiger charge is 2.60. The first-order valence-corrected chi connectivity index (χ1v) is 10.9. The molecule has 134 valence electrons. The Balaban J connectivity index is 1.69. The average molecular weight is 327 g/mol. The molecule has 8 atom stereocenters. The molecule has 0 amide bonds. The summed E-state index contributed by atoms with van der Waals surface area (Å²) < 4.78 is 0. The predicted octanol–water partition coefficient (Wildman–Crippen LogP) is 7.02. The van der Waals surface area contributed by atoms with Gasteiger partial charge in [-0.25, -0.2) is 0 Å². The molecule has 0 N–H and O–H groups in total. The maximum Gasteiger partial charge on any atom is -0.0131 e. The van der Waals surface area contributed by atoms with Gasteiger partial charge in [0, 0.05) is 0 Å². The third kappa shape index (κ3) is 2.17. The molecular formula is C24H38. The Morgan fingerprint density at radius 3 is 2.54 bits per heavy atom. The van der Waals surface area contributed by atoms with Crippen molar-refractivity contribution in [1.29, 1.82) is 0 Å². The zero-order valence-electron chi connectivity index (χ0n) is 16.6. The van der Waals surface area contributed by atoms with Crippen molar-refractivity contribution < 1.29 is 0 Å². The summed E-state index contributed by atoms with van der Waals surface area (Å²) in [7, 11) is 0. The molecule has 4 rings (SSSR count). The van der Waals surface area contributed by atoms with Gasteiger partial charge in [-0.3, -0.25) is 0 Å². The SMILES string of the molecule is CCC1=CC2=CCC3C(CCC4(CC)C(C)C(C)C(C)C34)C2CC1. The van der Waals surface area contributed by atoms with Gasteiger partial charge in [-0.05, 0) is 97.4 Å². The minimum Gasteiger partial charge on any atom is -0.0807 e. The van der Waals surface area contributed by atoms with Crippen LogP contribution in [0, 0.1) is 46.8 Å².